The minimum atomic E-state index is -3.82. The zero-order valence-electron chi connectivity index (χ0n) is 18.8. The van der Waals surface area contributed by atoms with Gasteiger partial charge in [-0.2, -0.15) is 0 Å². The van der Waals surface area contributed by atoms with Crippen LogP contribution in [-0.2, 0) is 21.2 Å². The van der Waals surface area contributed by atoms with Crippen LogP contribution in [0.1, 0.15) is 31.2 Å². The Balaban J connectivity index is 1.31. The minimum absolute atomic E-state index is 0.0285. The molecule has 0 saturated carbocycles. The van der Waals surface area contributed by atoms with Gasteiger partial charge in [-0.3, -0.25) is 9.52 Å². The van der Waals surface area contributed by atoms with E-state index in [-0.39, 0.29) is 17.2 Å². The number of hydrogen-bond donors (Lipinski definition) is 2. The number of hydrogen-bond acceptors (Lipinski definition) is 4. The maximum absolute atomic E-state index is 13.0. The van der Waals surface area contributed by atoms with E-state index in [0.29, 0.717) is 5.69 Å². The number of carbonyl (C=O) groups excluding carboxylic acids is 1. The Morgan fingerprint density at radius 3 is 2.00 bits per heavy atom. The molecule has 3 aromatic carbocycles. The fraction of sp³-hybridized carbons (Fsp3) is 0.269. The van der Waals surface area contributed by atoms with Crippen LogP contribution in [0, 0.1) is 5.82 Å². The van der Waals surface area contributed by atoms with Gasteiger partial charge in [-0.25, -0.2) is 12.8 Å². The summed E-state index contributed by atoms with van der Waals surface area (Å²) in [6.07, 6.45) is 5.16. The fourth-order valence-electron chi connectivity index (χ4n) is 3.99. The molecule has 1 amide bonds. The van der Waals surface area contributed by atoms with Crippen LogP contribution in [0.4, 0.5) is 21.5 Å². The van der Waals surface area contributed by atoms with E-state index >= 15 is 0 Å². The predicted molar refractivity (Wildman–Crippen MR) is 133 cm³/mol. The standard InChI is InChI=1S/C26H28FN3O3S/c27-21-7-15-25(16-8-21)34(32,33)29-23-9-5-20(6-10-23)19-26(31)28-22-11-13-24(14-12-22)30-17-3-1-2-4-18-30/h5-16,29H,1-4,17-19H2,(H,28,31). The van der Waals surface area contributed by atoms with E-state index in [9.17, 15) is 17.6 Å². The number of halogens is 1. The zero-order chi connectivity index (χ0) is 24.0. The van der Waals surface area contributed by atoms with Crippen LogP contribution in [0.15, 0.2) is 77.7 Å². The van der Waals surface area contributed by atoms with Gasteiger partial charge in [0.1, 0.15) is 5.82 Å². The van der Waals surface area contributed by atoms with Gasteiger partial charge in [-0.1, -0.05) is 25.0 Å². The van der Waals surface area contributed by atoms with E-state index in [1.807, 2.05) is 24.3 Å². The van der Waals surface area contributed by atoms with Crippen molar-refractivity contribution >= 4 is 33.0 Å². The van der Waals surface area contributed by atoms with Crippen molar-refractivity contribution in [3.05, 3.63) is 84.2 Å². The number of rotatable bonds is 7. The number of amides is 1. The van der Waals surface area contributed by atoms with E-state index in [1.165, 1.54) is 43.5 Å². The summed E-state index contributed by atoms with van der Waals surface area (Å²) in [7, 11) is -3.82. The van der Waals surface area contributed by atoms with Crippen molar-refractivity contribution in [3.8, 4) is 0 Å². The van der Waals surface area contributed by atoms with Gasteiger partial charge in [0.05, 0.1) is 11.3 Å². The topological polar surface area (TPSA) is 78.5 Å². The van der Waals surface area contributed by atoms with E-state index in [4.69, 9.17) is 0 Å². The molecule has 0 bridgehead atoms. The number of anilines is 3. The van der Waals surface area contributed by atoms with Gasteiger partial charge < -0.3 is 10.2 Å². The van der Waals surface area contributed by atoms with Gasteiger partial charge in [0.2, 0.25) is 5.91 Å². The molecule has 1 heterocycles. The molecule has 0 unspecified atom stereocenters. The lowest BCUT2D eigenvalue weighted by atomic mass is 10.1. The van der Waals surface area contributed by atoms with Crippen LogP contribution >= 0.6 is 0 Å². The highest BCUT2D eigenvalue weighted by Crippen LogP contribution is 2.22. The van der Waals surface area contributed by atoms with Crippen LogP contribution in [0.25, 0.3) is 0 Å². The average Bonchev–Trinajstić information content (AvgIpc) is 3.11. The van der Waals surface area contributed by atoms with Crippen LogP contribution < -0.4 is 14.9 Å². The summed E-state index contributed by atoms with van der Waals surface area (Å²) in [6, 6.07) is 19.1. The van der Waals surface area contributed by atoms with Crippen molar-refractivity contribution < 1.29 is 17.6 Å². The molecule has 6 nitrogen and oxygen atoms in total. The fourth-order valence-corrected chi connectivity index (χ4v) is 5.05. The summed E-state index contributed by atoms with van der Waals surface area (Å²) in [5.41, 5.74) is 3.03. The van der Waals surface area contributed by atoms with Gasteiger partial charge in [0, 0.05) is 30.2 Å². The summed E-state index contributed by atoms with van der Waals surface area (Å²) in [4.78, 5) is 14.8. The molecule has 0 aromatic heterocycles. The molecule has 1 aliphatic rings. The minimum Gasteiger partial charge on any atom is -0.372 e. The van der Waals surface area contributed by atoms with Crippen molar-refractivity contribution in [2.24, 2.45) is 0 Å². The second-order valence-corrected chi connectivity index (χ2v) is 10.1. The third-order valence-corrected chi connectivity index (χ3v) is 7.21. The second kappa shape index (κ2) is 10.7. The SMILES string of the molecule is O=C(Cc1ccc(NS(=O)(=O)c2ccc(F)cc2)cc1)Nc1ccc(N2CCCCCC2)cc1. The molecule has 0 spiro atoms. The van der Waals surface area contributed by atoms with Gasteiger partial charge in [-0.05, 0) is 79.1 Å². The number of nitrogens with zero attached hydrogens (tertiary/aromatic N) is 1. The monoisotopic (exact) mass is 481 g/mol. The molecule has 0 atom stereocenters. The van der Waals surface area contributed by atoms with Gasteiger partial charge in [-0.15, -0.1) is 0 Å². The van der Waals surface area contributed by atoms with Gasteiger partial charge in [0.15, 0.2) is 0 Å². The maximum atomic E-state index is 13.0. The number of benzene rings is 3. The Bertz CT molecular complexity index is 1200. The van der Waals surface area contributed by atoms with Gasteiger partial charge in [0.25, 0.3) is 10.0 Å². The second-order valence-electron chi connectivity index (χ2n) is 8.43. The normalized spacial score (nSPS) is 14.3. The highest BCUT2D eigenvalue weighted by Gasteiger charge is 2.14. The first-order valence-corrected chi connectivity index (χ1v) is 12.9. The lowest BCUT2D eigenvalue weighted by Crippen LogP contribution is -2.23. The van der Waals surface area contributed by atoms with Crippen molar-refractivity contribution in [1.82, 2.24) is 0 Å². The van der Waals surface area contributed by atoms with Gasteiger partial charge >= 0.3 is 0 Å². The van der Waals surface area contributed by atoms with Crippen LogP contribution in [0.3, 0.4) is 0 Å². The molecule has 178 valence electrons. The molecule has 4 rings (SSSR count). The summed E-state index contributed by atoms with van der Waals surface area (Å²) in [5.74, 6) is -0.655. The first kappa shape index (κ1) is 23.8. The third kappa shape index (κ3) is 6.35. The summed E-state index contributed by atoms with van der Waals surface area (Å²) in [5, 5.41) is 2.91. The largest absolute Gasteiger partial charge is 0.372 e. The molecule has 8 heteroatoms. The predicted octanol–water partition coefficient (Wildman–Crippen LogP) is 5.19. The first-order chi connectivity index (χ1) is 16.4. The maximum Gasteiger partial charge on any atom is 0.261 e. The Morgan fingerprint density at radius 2 is 1.38 bits per heavy atom. The average molecular weight is 482 g/mol. The van der Waals surface area contributed by atoms with E-state index in [0.717, 1.165) is 36.5 Å². The third-order valence-electron chi connectivity index (χ3n) is 5.82. The lowest BCUT2D eigenvalue weighted by molar-refractivity contribution is -0.115. The number of nitrogens with one attached hydrogen (secondary N) is 2. The van der Waals surface area contributed by atoms with Crippen molar-refractivity contribution in [2.45, 2.75) is 37.0 Å². The Morgan fingerprint density at radius 1 is 0.794 bits per heavy atom. The molecule has 2 N–H and O–H groups in total. The van der Waals surface area contributed by atoms with Crippen molar-refractivity contribution in [1.29, 1.82) is 0 Å². The molecule has 1 saturated heterocycles. The molecular weight excluding hydrogens is 453 g/mol. The Kier molecular flexibility index (Phi) is 7.47. The van der Waals surface area contributed by atoms with E-state index in [1.54, 1.807) is 24.3 Å². The lowest BCUT2D eigenvalue weighted by Gasteiger charge is -2.22. The Labute approximate surface area is 199 Å². The molecule has 3 aromatic rings. The molecule has 0 radical (unpaired) electrons. The number of carbonyl (C=O) groups is 1. The highest BCUT2D eigenvalue weighted by atomic mass is 32.2. The van der Waals surface area contributed by atoms with Crippen molar-refractivity contribution in [3.63, 3.8) is 0 Å². The molecule has 34 heavy (non-hydrogen) atoms. The molecule has 1 fully saturated rings. The zero-order valence-corrected chi connectivity index (χ0v) is 19.7. The first-order valence-electron chi connectivity index (χ1n) is 11.4. The summed E-state index contributed by atoms with van der Waals surface area (Å²) in [6.45, 7) is 2.14. The molecular formula is C26H28FN3O3S. The van der Waals surface area contributed by atoms with E-state index in [2.05, 4.69) is 14.9 Å². The van der Waals surface area contributed by atoms with Crippen LogP contribution in [0.2, 0.25) is 0 Å². The molecule has 1 aliphatic heterocycles. The number of sulfonamides is 1. The van der Waals surface area contributed by atoms with Crippen LogP contribution in [-0.4, -0.2) is 27.4 Å². The smallest absolute Gasteiger partial charge is 0.261 e. The van der Waals surface area contributed by atoms with Crippen molar-refractivity contribution in [2.75, 3.05) is 28.0 Å². The van der Waals surface area contributed by atoms with E-state index < -0.39 is 15.8 Å². The highest BCUT2D eigenvalue weighted by molar-refractivity contribution is 7.92. The Hall–Kier alpha value is -3.39. The summed E-state index contributed by atoms with van der Waals surface area (Å²) < 4.78 is 40.3. The summed E-state index contributed by atoms with van der Waals surface area (Å²) >= 11 is 0. The quantitative estimate of drug-likeness (QED) is 0.487. The van der Waals surface area contributed by atoms with Crippen LogP contribution in [0.5, 0.6) is 0 Å². The molecule has 0 aliphatic carbocycles.